The summed E-state index contributed by atoms with van der Waals surface area (Å²) in [4.78, 5) is 26.7. The van der Waals surface area contributed by atoms with Crippen LogP contribution < -0.4 is 5.32 Å². The second-order valence-corrected chi connectivity index (χ2v) is 9.22. The van der Waals surface area contributed by atoms with E-state index in [1.165, 1.54) is 7.11 Å². The van der Waals surface area contributed by atoms with Gasteiger partial charge in [0.05, 0.1) is 7.11 Å². The van der Waals surface area contributed by atoms with Crippen LogP contribution in [0.15, 0.2) is 54.6 Å². The van der Waals surface area contributed by atoms with Crippen LogP contribution in [0.5, 0.6) is 0 Å². The van der Waals surface area contributed by atoms with Crippen LogP contribution in [0.2, 0.25) is 0 Å². The lowest BCUT2D eigenvalue weighted by Crippen LogP contribution is -2.48. The highest BCUT2D eigenvalue weighted by atomic mass is 16.6. The molecule has 6 nitrogen and oxygen atoms in total. The number of carbonyl (C=O) groups is 2. The Balaban J connectivity index is 1.62. The van der Waals surface area contributed by atoms with Crippen molar-refractivity contribution >= 4 is 12.1 Å². The van der Waals surface area contributed by atoms with Gasteiger partial charge in [-0.2, -0.15) is 0 Å². The minimum absolute atomic E-state index is 0.00235. The van der Waals surface area contributed by atoms with E-state index >= 15 is 0 Å². The van der Waals surface area contributed by atoms with Crippen LogP contribution in [0.1, 0.15) is 39.2 Å². The summed E-state index contributed by atoms with van der Waals surface area (Å²) in [7, 11) is 1.40. The molecule has 1 saturated heterocycles. The molecule has 172 valence electrons. The topological polar surface area (TPSA) is 67.9 Å². The number of amides is 1. The summed E-state index contributed by atoms with van der Waals surface area (Å²) in [5, 5.41) is 3.33. The lowest BCUT2D eigenvalue weighted by Gasteiger charge is -2.29. The second kappa shape index (κ2) is 10.6. The van der Waals surface area contributed by atoms with Gasteiger partial charge in [-0.1, -0.05) is 54.6 Å². The molecule has 1 heterocycles. The van der Waals surface area contributed by atoms with Gasteiger partial charge in [0, 0.05) is 19.1 Å². The fourth-order valence-electron chi connectivity index (χ4n) is 3.97. The predicted molar refractivity (Wildman–Crippen MR) is 125 cm³/mol. The monoisotopic (exact) mass is 438 g/mol. The van der Waals surface area contributed by atoms with Gasteiger partial charge in [-0.3, -0.25) is 4.79 Å². The van der Waals surface area contributed by atoms with Crippen molar-refractivity contribution in [2.45, 2.75) is 57.7 Å². The average molecular weight is 439 g/mol. The van der Waals surface area contributed by atoms with Crippen molar-refractivity contribution in [1.29, 1.82) is 0 Å². The third-order valence-electron chi connectivity index (χ3n) is 5.59. The summed E-state index contributed by atoms with van der Waals surface area (Å²) in [5.41, 5.74) is 2.81. The molecule has 6 heteroatoms. The van der Waals surface area contributed by atoms with Gasteiger partial charge < -0.3 is 19.7 Å². The maximum atomic E-state index is 12.5. The van der Waals surface area contributed by atoms with Crippen molar-refractivity contribution < 1.29 is 19.1 Å². The third kappa shape index (κ3) is 6.57. The zero-order valence-electron chi connectivity index (χ0n) is 19.5. The van der Waals surface area contributed by atoms with E-state index in [0.717, 1.165) is 29.5 Å². The van der Waals surface area contributed by atoms with Crippen LogP contribution in [0.3, 0.4) is 0 Å². The molecule has 0 radical (unpaired) electrons. The van der Waals surface area contributed by atoms with Gasteiger partial charge >= 0.3 is 12.1 Å². The van der Waals surface area contributed by atoms with Crippen LogP contribution in [-0.4, -0.2) is 54.8 Å². The van der Waals surface area contributed by atoms with E-state index in [-0.39, 0.29) is 18.1 Å². The number of rotatable bonds is 7. The quantitative estimate of drug-likeness (QED) is 0.648. The molecule has 2 aromatic rings. The zero-order valence-corrected chi connectivity index (χ0v) is 19.5. The first-order chi connectivity index (χ1) is 15.3. The van der Waals surface area contributed by atoms with Crippen molar-refractivity contribution in [3.8, 4) is 11.1 Å². The number of esters is 1. The van der Waals surface area contributed by atoms with Crippen LogP contribution in [0.4, 0.5) is 4.79 Å². The number of benzene rings is 2. The molecule has 0 unspecified atom stereocenters. The highest BCUT2D eigenvalue weighted by Crippen LogP contribution is 2.22. The molecule has 0 spiro atoms. The minimum Gasteiger partial charge on any atom is -0.468 e. The van der Waals surface area contributed by atoms with Gasteiger partial charge in [-0.05, 0) is 56.7 Å². The van der Waals surface area contributed by atoms with Crippen molar-refractivity contribution in [1.82, 2.24) is 10.2 Å². The molecule has 0 aliphatic carbocycles. The molecule has 1 N–H and O–H groups in total. The Bertz CT molecular complexity index is 890. The van der Waals surface area contributed by atoms with Crippen LogP contribution >= 0.6 is 0 Å². The van der Waals surface area contributed by atoms with Gasteiger partial charge in [0.1, 0.15) is 11.6 Å². The molecule has 32 heavy (non-hydrogen) atoms. The Kier molecular flexibility index (Phi) is 7.91. The molecule has 0 aromatic heterocycles. The summed E-state index contributed by atoms with van der Waals surface area (Å²) in [6, 6.07) is 17.9. The molecular weight excluding hydrogens is 404 g/mol. The van der Waals surface area contributed by atoms with Crippen molar-refractivity contribution in [3.05, 3.63) is 60.2 Å². The standard InChI is InChI=1S/C26H34N2O4/c1-26(2,3)32-25(30)28-16-8-11-22(28)18-27-23(24(29)31-4)17-19-12-14-21(15-13-19)20-9-6-5-7-10-20/h5-7,9-10,12-15,22-23,27H,8,11,16-18H2,1-4H3/t22-,23-/m0/s1. The van der Waals surface area contributed by atoms with Gasteiger partial charge in [0.2, 0.25) is 0 Å². The molecule has 1 aliphatic rings. The molecule has 0 bridgehead atoms. The first-order valence-electron chi connectivity index (χ1n) is 11.2. The lowest BCUT2D eigenvalue weighted by molar-refractivity contribution is -0.143. The summed E-state index contributed by atoms with van der Waals surface area (Å²) < 4.78 is 10.6. The van der Waals surface area contributed by atoms with E-state index < -0.39 is 11.6 Å². The average Bonchev–Trinajstić information content (AvgIpc) is 3.25. The van der Waals surface area contributed by atoms with E-state index in [1.807, 2.05) is 51.1 Å². The third-order valence-corrected chi connectivity index (χ3v) is 5.59. The van der Waals surface area contributed by atoms with Gasteiger partial charge in [0.15, 0.2) is 0 Å². The van der Waals surface area contributed by atoms with Crippen molar-refractivity contribution in [3.63, 3.8) is 0 Å². The number of hydrogen-bond acceptors (Lipinski definition) is 5. The summed E-state index contributed by atoms with van der Waals surface area (Å²) in [6.45, 7) is 6.78. The van der Waals surface area contributed by atoms with Gasteiger partial charge in [-0.25, -0.2) is 4.79 Å². The first kappa shape index (κ1) is 23.8. The number of hydrogen-bond donors (Lipinski definition) is 1. The van der Waals surface area contributed by atoms with E-state index in [0.29, 0.717) is 19.5 Å². The molecule has 1 aliphatic heterocycles. The molecule has 1 amide bonds. The minimum atomic E-state index is -0.530. The Morgan fingerprint density at radius 1 is 1.06 bits per heavy atom. The molecule has 2 aromatic carbocycles. The highest BCUT2D eigenvalue weighted by molar-refractivity contribution is 5.76. The highest BCUT2D eigenvalue weighted by Gasteiger charge is 2.33. The molecule has 1 fully saturated rings. The Hall–Kier alpha value is -2.86. The summed E-state index contributed by atoms with van der Waals surface area (Å²) in [5.74, 6) is -0.307. The largest absolute Gasteiger partial charge is 0.468 e. The normalized spacial score (nSPS) is 17.1. The SMILES string of the molecule is COC(=O)[C@H](Cc1ccc(-c2ccccc2)cc1)NC[C@@H]1CCCN1C(=O)OC(C)(C)C. The molecule has 2 atom stereocenters. The van der Waals surface area contributed by atoms with E-state index in [4.69, 9.17) is 9.47 Å². The molecular formula is C26H34N2O4. The van der Waals surface area contributed by atoms with Crippen molar-refractivity contribution in [2.75, 3.05) is 20.2 Å². The zero-order chi connectivity index (χ0) is 23.1. The maximum Gasteiger partial charge on any atom is 0.410 e. The number of methoxy groups -OCH3 is 1. The lowest BCUT2D eigenvalue weighted by atomic mass is 10.0. The summed E-state index contributed by atoms with van der Waals surface area (Å²) >= 11 is 0. The Morgan fingerprint density at radius 3 is 2.34 bits per heavy atom. The number of nitrogens with one attached hydrogen (secondary N) is 1. The number of carbonyl (C=O) groups excluding carboxylic acids is 2. The van der Waals surface area contributed by atoms with Gasteiger partial charge in [-0.15, -0.1) is 0 Å². The van der Waals surface area contributed by atoms with Crippen LogP contribution in [-0.2, 0) is 20.7 Å². The van der Waals surface area contributed by atoms with Crippen molar-refractivity contribution in [2.24, 2.45) is 0 Å². The van der Waals surface area contributed by atoms with E-state index in [2.05, 4.69) is 29.6 Å². The second-order valence-electron chi connectivity index (χ2n) is 9.22. The number of likely N-dealkylation sites (tertiary alicyclic amines) is 1. The van der Waals surface area contributed by atoms with E-state index in [1.54, 1.807) is 4.90 Å². The Labute approximate surface area is 190 Å². The molecule has 3 rings (SSSR count). The van der Waals surface area contributed by atoms with Crippen LogP contribution in [0, 0.1) is 0 Å². The summed E-state index contributed by atoms with van der Waals surface area (Å²) in [6.07, 6.45) is 2.02. The smallest absolute Gasteiger partial charge is 0.410 e. The van der Waals surface area contributed by atoms with E-state index in [9.17, 15) is 9.59 Å². The Morgan fingerprint density at radius 2 is 1.72 bits per heavy atom. The first-order valence-corrected chi connectivity index (χ1v) is 11.2. The number of ether oxygens (including phenoxy) is 2. The van der Waals surface area contributed by atoms with Crippen LogP contribution in [0.25, 0.3) is 11.1 Å². The number of nitrogens with zero attached hydrogens (tertiary/aromatic N) is 1. The fraction of sp³-hybridized carbons (Fsp3) is 0.462. The predicted octanol–water partition coefficient (Wildman–Crippen LogP) is 4.43. The molecule has 0 saturated carbocycles. The van der Waals surface area contributed by atoms with Gasteiger partial charge in [0.25, 0.3) is 0 Å². The maximum absolute atomic E-state index is 12.5. The fourth-order valence-corrected chi connectivity index (χ4v) is 3.97.